The van der Waals surface area contributed by atoms with Crippen LogP contribution in [0.5, 0.6) is 0 Å². The summed E-state index contributed by atoms with van der Waals surface area (Å²) < 4.78 is 4.91. The van der Waals surface area contributed by atoms with Gasteiger partial charge in [-0.05, 0) is 55.5 Å². The second kappa shape index (κ2) is 9.01. The van der Waals surface area contributed by atoms with E-state index < -0.39 is 5.97 Å². The molecule has 0 aliphatic heterocycles. The summed E-state index contributed by atoms with van der Waals surface area (Å²) in [4.78, 5) is 37.1. The number of benzene rings is 2. The molecule has 2 aromatic carbocycles. The molecule has 0 atom stereocenters. The van der Waals surface area contributed by atoms with Crippen molar-refractivity contribution in [2.24, 2.45) is 0 Å². The van der Waals surface area contributed by atoms with Crippen LogP contribution in [0.1, 0.15) is 24.2 Å². The smallest absolute Gasteiger partial charge is 0.338 e. The van der Waals surface area contributed by atoms with E-state index in [9.17, 15) is 14.4 Å². The summed E-state index contributed by atoms with van der Waals surface area (Å²) in [5.74, 6) is -1.05. The first-order valence-corrected chi connectivity index (χ1v) is 8.39. The standard InChI is InChI=1S/C19H19ClN2O4/c1-3-26-19(25)14-4-8-16(9-5-14)21-18(24)12-22(13(2)23)17-10-6-15(20)7-11-17/h4-11H,3,12H2,1-2H3,(H,21,24). The predicted molar refractivity (Wildman–Crippen MR) is 101 cm³/mol. The van der Waals surface area contributed by atoms with Crippen LogP contribution in [0.25, 0.3) is 0 Å². The molecule has 0 heterocycles. The molecule has 0 aromatic heterocycles. The molecule has 7 heteroatoms. The molecule has 0 saturated carbocycles. The van der Waals surface area contributed by atoms with Crippen molar-refractivity contribution in [3.05, 3.63) is 59.1 Å². The first-order valence-electron chi connectivity index (χ1n) is 8.01. The first kappa shape index (κ1) is 19.5. The number of ether oxygens (including phenoxy) is 1. The van der Waals surface area contributed by atoms with Crippen LogP contribution in [-0.4, -0.2) is 30.9 Å². The van der Waals surface area contributed by atoms with E-state index in [-0.39, 0.29) is 18.4 Å². The number of rotatable bonds is 6. The lowest BCUT2D eigenvalue weighted by Crippen LogP contribution is -2.36. The molecule has 2 aromatic rings. The minimum Gasteiger partial charge on any atom is -0.462 e. The summed E-state index contributed by atoms with van der Waals surface area (Å²) in [6.45, 7) is 3.27. The molecule has 0 fully saturated rings. The Morgan fingerprint density at radius 2 is 1.65 bits per heavy atom. The van der Waals surface area contributed by atoms with E-state index in [1.165, 1.54) is 11.8 Å². The van der Waals surface area contributed by atoms with E-state index in [4.69, 9.17) is 16.3 Å². The number of hydrogen-bond donors (Lipinski definition) is 1. The summed E-state index contributed by atoms with van der Waals surface area (Å²) in [7, 11) is 0. The first-order chi connectivity index (χ1) is 12.4. The van der Waals surface area contributed by atoms with E-state index in [0.29, 0.717) is 28.6 Å². The van der Waals surface area contributed by atoms with Crippen molar-refractivity contribution in [3.8, 4) is 0 Å². The third-order valence-electron chi connectivity index (χ3n) is 3.50. The Labute approximate surface area is 156 Å². The highest BCUT2D eigenvalue weighted by atomic mass is 35.5. The second-order valence-electron chi connectivity index (χ2n) is 5.43. The average Bonchev–Trinajstić information content (AvgIpc) is 2.61. The highest BCUT2D eigenvalue weighted by Gasteiger charge is 2.16. The number of carbonyl (C=O) groups is 3. The van der Waals surface area contributed by atoms with Gasteiger partial charge in [0, 0.05) is 23.3 Å². The molecular formula is C19H19ClN2O4. The lowest BCUT2D eigenvalue weighted by atomic mass is 10.2. The van der Waals surface area contributed by atoms with Gasteiger partial charge >= 0.3 is 5.97 Å². The zero-order valence-corrected chi connectivity index (χ0v) is 15.2. The van der Waals surface area contributed by atoms with Gasteiger partial charge in [-0.25, -0.2) is 4.79 Å². The summed E-state index contributed by atoms with van der Waals surface area (Å²) in [6, 6.07) is 13.0. The molecule has 0 saturated heterocycles. The fourth-order valence-electron chi connectivity index (χ4n) is 2.25. The Bertz CT molecular complexity index is 788. The SMILES string of the molecule is CCOC(=O)c1ccc(NC(=O)CN(C(C)=O)c2ccc(Cl)cc2)cc1. The van der Waals surface area contributed by atoms with Gasteiger partial charge in [-0.3, -0.25) is 9.59 Å². The zero-order valence-electron chi connectivity index (χ0n) is 14.5. The Hall–Kier alpha value is -2.86. The Kier molecular flexibility index (Phi) is 6.74. The van der Waals surface area contributed by atoms with E-state index in [0.717, 1.165) is 0 Å². The van der Waals surface area contributed by atoms with Crippen LogP contribution < -0.4 is 10.2 Å². The third-order valence-corrected chi connectivity index (χ3v) is 3.75. The number of nitrogens with zero attached hydrogens (tertiary/aromatic N) is 1. The highest BCUT2D eigenvalue weighted by molar-refractivity contribution is 6.30. The number of nitrogens with one attached hydrogen (secondary N) is 1. The van der Waals surface area contributed by atoms with Crippen molar-refractivity contribution >= 4 is 40.8 Å². The van der Waals surface area contributed by atoms with Crippen molar-refractivity contribution in [2.75, 3.05) is 23.4 Å². The molecule has 2 rings (SSSR count). The minimum absolute atomic E-state index is 0.142. The van der Waals surface area contributed by atoms with Gasteiger partial charge < -0.3 is 15.0 Å². The number of halogens is 1. The van der Waals surface area contributed by atoms with Crippen LogP contribution in [0.2, 0.25) is 5.02 Å². The Morgan fingerprint density at radius 1 is 1.04 bits per heavy atom. The quantitative estimate of drug-likeness (QED) is 0.785. The van der Waals surface area contributed by atoms with E-state index in [1.807, 2.05) is 0 Å². The maximum Gasteiger partial charge on any atom is 0.338 e. The molecule has 0 bridgehead atoms. The van der Waals surface area contributed by atoms with Gasteiger partial charge in [-0.1, -0.05) is 11.6 Å². The molecule has 0 aliphatic rings. The summed E-state index contributed by atoms with van der Waals surface area (Å²) in [5.41, 5.74) is 1.49. The van der Waals surface area contributed by atoms with Crippen molar-refractivity contribution in [1.82, 2.24) is 0 Å². The average molecular weight is 375 g/mol. The lowest BCUT2D eigenvalue weighted by molar-refractivity contribution is -0.120. The number of esters is 1. The van der Waals surface area contributed by atoms with Crippen LogP contribution in [-0.2, 0) is 14.3 Å². The number of anilines is 2. The monoisotopic (exact) mass is 374 g/mol. The minimum atomic E-state index is -0.420. The van der Waals surface area contributed by atoms with Gasteiger partial charge in [0.1, 0.15) is 6.54 Å². The molecule has 0 unspecified atom stereocenters. The van der Waals surface area contributed by atoms with Crippen LogP contribution >= 0.6 is 11.6 Å². The summed E-state index contributed by atoms with van der Waals surface area (Å²) in [5, 5.41) is 3.24. The number of carbonyl (C=O) groups excluding carboxylic acids is 3. The largest absolute Gasteiger partial charge is 0.462 e. The third kappa shape index (κ3) is 5.32. The molecule has 136 valence electrons. The summed E-state index contributed by atoms with van der Waals surface area (Å²) >= 11 is 5.85. The molecule has 26 heavy (non-hydrogen) atoms. The Morgan fingerprint density at radius 3 is 2.19 bits per heavy atom. The fraction of sp³-hybridized carbons (Fsp3) is 0.211. The molecule has 6 nitrogen and oxygen atoms in total. The van der Waals surface area contributed by atoms with Crippen LogP contribution in [0.15, 0.2) is 48.5 Å². The van der Waals surface area contributed by atoms with Crippen LogP contribution in [0.4, 0.5) is 11.4 Å². The second-order valence-corrected chi connectivity index (χ2v) is 5.86. The van der Waals surface area contributed by atoms with Crippen molar-refractivity contribution in [3.63, 3.8) is 0 Å². The zero-order chi connectivity index (χ0) is 19.1. The maximum atomic E-state index is 12.3. The fourth-order valence-corrected chi connectivity index (χ4v) is 2.38. The van der Waals surface area contributed by atoms with E-state index in [2.05, 4.69) is 5.32 Å². The Balaban J connectivity index is 2.03. The molecule has 0 spiro atoms. The topological polar surface area (TPSA) is 75.7 Å². The summed E-state index contributed by atoms with van der Waals surface area (Å²) in [6.07, 6.45) is 0. The van der Waals surface area contributed by atoms with E-state index >= 15 is 0 Å². The van der Waals surface area contributed by atoms with Gasteiger partial charge in [-0.15, -0.1) is 0 Å². The molecule has 2 amide bonds. The van der Waals surface area contributed by atoms with Crippen LogP contribution in [0.3, 0.4) is 0 Å². The van der Waals surface area contributed by atoms with Crippen molar-refractivity contribution in [1.29, 1.82) is 0 Å². The van der Waals surface area contributed by atoms with Gasteiger partial charge in [0.05, 0.1) is 12.2 Å². The number of hydrogen-bond acceptors (Lipinski definition) is 4. The number of amides is 2. The molecule has 0 radical (unpaired) electrons. The van der Waals surface area contributed by atoms with Gasteiger partial charge in [0.15, 0.2) is 0 Å². The van der Waals surface area contributed by atoms with E-state index in [1.54, 1.807) is 55.5 Å². The predicted octanol–water partition coefficient (Wildman–Crippen LogP) is 3.51. The van der Waals surface area contributed by atoms with Crippen molar-refractivity contribution < 1.29 is 19.1 Å². The van der Waals surface area contributed by atoms with Crippen molar-refractivity contribution in [2.45, 2.75) is 13.8 Å². The van der Waals surface area contributed by atoms with Gasteiger partial charge in [-0.2, -0.15) is 0 Å². The highest BCUT2D eigenvalue weighted by Crippen LogP contribution is 2.18. The molecular weight excluding hydrogens is 356 g/mol. The van der Waals surface area contributed by atoms with Crippen LogP contribution in [0, 0.1) is 0 Å². The molecule has 0 aliphatic carbocycles. The van der Waals surface area contributed by atoms with Gasteiger partial charge in [0.25, 0.3) is 0 Å². The lowest BCUT2D eigenvalue weighted by Gasteiger charge is -2.20. The molecule has 1 N–H and O–H groups in total. The maximum absolute atomic E-state index is 12.3. The normalized spacial score (nSPS) is 10.1. The van der Waals surface area contributed by atoms with Gasteiger partial charge in [0.2, 0.25) is 11.8 Å².